The third kappa shape index (κ3) is 23.0. The van der Waals surface area contributed by atoms with Crippen LogP contribution in [0.25, 0.3) is 28.6 Å². The second-order valence-corrected chi connectivity index (χ2v) is 27.8. The van der Waals surface area contributed by atoms with Crippen LogP contribution in [0.4, 0.5) is 10.3 Å². The van der Waals surface area contributed by atoms with Crippen LogP contribution in [0.15, 0.2) is 64.3 Å². The number of thiazole rings is 2. The second kappa shape index (κ2) is 41.6. The van der Waals surface area contributed by atoms with Crippen LogP contribution < -0.4 is 9.80 Å². The fourth-order valence-electron chi connectivity index (χ4n) is 12.1. The van der Waals surface area contributed by atoms with Crippen LogP contribution in [0.2, 0.25) is 0 Å². The van der Waals surface area contributed by atoms with Crippen molar-refractivity contribution in [3.63, 3.8) is 0 Å². The monoisotopic (exact) mass is 1320 g/mol. The average molecular weight is 1320 g/mol. The molecular formula is C76H117N9O6S2. The molecule has 4 aromatic rings. The molecular weight excluding hydrogens is 1200 g/mol. The van der Waals surface area contributed by atoms with E-state index >= 15 is 0 Å². The van der Waals surface area contributed by atoms with Gasteiger partial charge < -0.3 is 14.9 Å². The van der Waals surface area contributed by atoms with E-state index in [1.54, 1.807) is 71.6 Å². The highest BCUT2D eigenvalue weighted by atomic mass is 32.1. The fraction of sp³-hybridized carbons (Fsp3) is 0.605. The Bertz CT molecular complexity index is 3110. The number of anilines is 2. The summed E-state index contributed by atoms with van der Waals surface area (Å²) in [6, 6.07) is 14.6. The lowest BCUT2D eigenvalue weighted by molar-refractivity contribution is -0.158. The number of aliphatic hydroxyl groups is 1. The SMILES string of the molecule is CC1=C(C)C(=O)N(N(C)C)C(=O)C1.CCCCC(CC)CN(CC(CC)CCCC)c1nc(-c2c(C)cccc2C)c(/C=C2\C(=O)N(N(C)C)C(=O)C(C#N)=C2C)s1.CCCCC(CC)CN(CC(CC)CCCC)c1nc(-c2c(C)cccc2C)c(C=O)s1.CCO. The molecule has 514 valence electrons. The lowest BCUT2D eigenvalue weighted by atomic mass is 9.94. The molecule has 0 radical (unpaired) electrons. The summed E-state index contributed by atoms with van der Waals surface area (Å²) < 4.78 is 0. The molecule has 93 heavy (non-hydrogen) atoms. The van der Waals surface area contributed by atoms with Gasteiger partial charge in [-0.25, -0.2) is 30.0 Å². The van der Waals surface area contributed by atoms with Crippen LogP contribution in [0.3, 0.4) is 0 Å². The zero-order valence-electron chi connectivity index (χ0n) is 60.8. The molecule has 1 N–H and O–H groups in total. The van der Waals surface area contributed by atoms with Crippen molar-refractivity contribution in [2.45, 2.75) is 220 Å². The number of aryl methyl sites for hydroxylation is 4. The van der Waals surface area contributed by atoms with Crippen LogP contribution in [-0.4, -0.2) is 126 Å². The molecule has 4 atom stereocenters. The summed E-state index contributed by atoms with van der Waals surface area (Å²) in [5, 5.41) is 24.6. The van der Waals surface area contributed by atoms with Gasteiger partial charge in [0.2, 0.25) is 5.91 Å². The molecule has 4 unspecified atom stereocenters. The van der Waals surface area contributed by atoms with Gasteiger partial charge in [0.05, 0.1) is 27.6 Å². The molecule has 6 rings (SSSR count). The molecule has 2 aromatic carbocycles. The quantitative estimate of drug-likeness (QED) is 0.0278. The summed E-state index contributed by atoms with van der Waals surface area (Å²) in [6.45, 7) is 37.9. The molecule has 0 saturated heterocycles. The van der Waals surface area contributed by atoms with Gasteiger partial charge in [-0.2, -0.15) is 5.26 Å². The number of hydrazine groups is 2. The Labute approximate surface area is 569 Å². The van der Waals surface area contributed by atoms with Gasteiger partial charge in [0.25, 0.3) is 17.7 Å². The Kier molecular flexibility index (Phi) is 36.3. The minimum atomic E-state index is -0.594. The van der Waals surface area contributed by atoms with Crippen LogP contribution in [0.5, 0.6) is 0 Å². The average Bonchev–Trinajstić information content (AvgIpc) is 1.77. The van der Waals surface area contributed by atoms with Gasteiger partial charge >= 0.3 is 0 Å². The van der Waals surface area contributed by atoms with E-state index in [0.717, 1.165) is 110 Å². The van der Waals surface area contributed by atoms with Crippen molar-refractivity contribution in [2.24, 2.45) is 23.7 Å². The van der Waals surface area contributed by atoms with Gasteiger partial charge in [-0.05, 0) is 139 Å². The van der Waals surface area contributed by atoms with Crippen LogP contribution >= 0.6 is 22.7 Å². The van der Waals surface area contributed by atoms with Gasteiger partial charge in [0, 0.05) is 83.2 Å². The van der Waals surface area contributed by atoms with Crippen LogP contribution in [0.1, 0.15) is 229 Å². The summed E-state index contributed by atoms with van der Waals surface area (Å²) in [6.07, 6.45) is 22.6. The minimum Gasteiger partial charge on any atom is -0.397 e. The molecule has 4 amide bonds. The van der Waals surface area contributed by atoms with Crippen molar-refractivity contribution in [1.82, 2.24) is 30.0 Å². The third-order valence-corrected chi connectivity index (χ3v) is 20.2. The molecule has 0 bridgehead atoms. The lowest BCUT2D eigenvalue weighted by Gasteiger charge is -2.31. The highest BCUT2D eigenvalue weighted by molar-refractivity contribution is 7.17. The number of rotatable bonds is 32. The smallest absolute Gasteiger partial charge is 0.286 e. The Morgan fingerprint density at radius 2 is 0.903 bits per heavy atom. The number of aromatic nitrogens is 2. The van der Waals surface area contributed by atoms with E-state index in [1.165, 1.54) is 116 Å². The maximum absolute atomic E-state index is 13.8. The first-order chi connectivity index (χ1) is 44.4. The Hall–Kier alpha value is -6.16. The molecule has 2 aliphatic heterocycles. The van der Waals surface area contributed by atoms with Crippen molar-refractivity contribution >= 4 is 68.9 Å². The van der Waals surface area contributed by atoms with E-state index in [0.29, 0.717) is 46.8 Å². The first kappa shape index (κ1) is 81.1. The Balaban J connectivity index is 0.000000405. The predicted octanol–water partition coefficient (Wildman–Crippen LogP) is 17.8. The minimum absolute atomic E-state index is 0.0158. The van der Waals surface area contributed by atoms with Crippen LogP contribution in [0, 0.1) is 62.7 Å². The molecule has 0 fully saturated rings. The number of aliphatic hydroxyl groups excluding tert-OH is 1. The largest absolute Gasteiger partial charge is 0.397 e. The van der Waals surface area contributed by atoms with Crippen molar-refractivity contribution in [3.05, 3.63) is 96.3 Å². The molecule has 15 nitrogen and oxygen atoms in total. The lowest BCUT2D eigenvalue weighted by Crippen LogP contribution is -2.50. The number of carbonyl (C=O) groups is 5. The third-order valence-electron chi connectivity index (χ3n) is 18.1. The number of benzene rings is 2. The fourth-order valence-corrected chi connectivity index (χ4v) is 14.0. The zero-order valence-corrected chi connectivity index (χ0v) is 62.4. The maximum atomic E-state index is 13.8. The topological polar surface area (TPSA) is 175 Å². The van der Waals surface area contributed by atoms with E-state index in [2.05, 4.69) is 135 Å². The van der Waals surface area contributed by atoms with Gasteiger partial charge in [0.15, 0.2) is 16.5 Å². The Morgan fingerprint density at radius 3 is 1.23 bits per heavy atom. The van der Waals surface area contributed by atoms with Gasteiger partial charge in [-0.1, -0.05) is 197 Å². The van der Waals surface area contributed by atoms with Crippen molar-refractivity contribution in [2.75, 3.05) is 70.8 Å². The summed E-state index contributed by atoms with van der Waals surface area (Å²) in [5.74, 6) is 1.10. The Morgan fingerprint density at radius 1 is 0.548 bits per heavy atom. The highest BCUT2D eigenvalue weighted by Gasteiger charge is 2.38. The molecule has 4 heterocycles. The van der Waals surface area contributed by atoms with E-state index in [1.807, 2.05) is 13.0 Å². The second-order valence-electron chi connectivity index (χ2n) is 25.7. The number of carbonyl (C=O) groups excluding carboxylic acids is 5. The molecule has 0 saturated carbocycles. The number of hydrogen-bond acceptors (Lipinski definition) is 15. The predicted molar refractivity (Wildman–Crippen MR) is 390 cm³/mol. The van der Waals surface area contributed by atoms with Gasteiger partial charge in [-0.15, -0.1) is 0 Å². The first-order valence-electron chi connectivity index (χ1n) is 34.7. The number of unbranched alkanes of at least 4 members (excludes halogenated alkanes) is 4. The summed E-state index contributed by atoms with van der Waals surface area (Å²) >= 11 is 3.19. The van der Waals surface area contributed by atoms with E-state index in [-0.39, 0.29) is 24.0 Å². The summed E-state index contributed by atoms with van der Waals surface area (Å²) in [7, 11) is 6.64. The molecule has 2 aliphatic rings. The van der Waals surface area contributed by atoms with Gasteiger partial charge in [-0.3, -0.25) is 24.0 Å². The number of aldehydes is 1. The van der Waals surface area contributed by atoms with Crippen molar-refractivity contribution in [1.29, 1.82) is 5.26 Å². The van der Waals surface area contributed by atoms with Crippen molar-refractivity contribution in [3.8, 4) is 28.6 Å². The molecule has 0 spiro atoms. The number of nitriles is 1. The highest BCUT2D eigenvalue weighted by Crippen LogP contribution is 2.41. The first-order valence-corrected chi connectivity index (χ1v) is 36.3. The molecule has 2 aromatic heterocycles. The van der Waals surface area contributed by atoms with E-state index < -0.39 is 11.8 Å². The summed E-state index contributed by atoms with van der Waals surface area (Å²) in [4.78, 5) is 79.0. The van der Waals surface area contributed by atoms with Gasteiger partial charge in [0.1, 0.15) is 11.6 Å². The zero-order chi connectivity index (χ0) is 69.6. The maximum Gasteiger partial charge on any atom is 0.286 e. The summed E-state index contributed by atoms with van der Waals surface area (Å²) in [5.41, 5.74) is 10.8. The number of hydrogen-bond donors (Lipinski definition) is 1. The normalized spacial score (nSPS) is 15.2. The van der Waals surface area contributed by atoms with Crippen LogP contribution in [-0.2, 0) is 19.2 Å². The number of imide groups is 2. The molecule has 0 aliphatic carbocycles. The van der Waals surface area contributed by atoms with E-state index in [9.17, 15) is 29.2 Å². The standard InChI is InChI=1S/C37H53N5O2S.C28H44N2OS.C9H14N2O2.C2H6O/c1-10-14-19-28(12-3)23-41(24-29(13-4)20-15-11-2)37-39-34(33-25(5)17-16-18-26(33)6)32(45-37)21-30-27(7)31(22-38)36(44)42(35(30)43)40(8)9;1-7-11-16-23(9-3)18-30(19-24(10-4)17-12-8-2)28-29-27(25(20-31)32-28)26-21(5)14-13-15-22(26)6;1-6-5-8(12)11(10(3)4)9(13)7(6)2;1-2-3/h16-18,21,28-29H,10-15,19-20,23-24H2,1-9H3;13-15,20,23-24H,7-12,16-19H2,1-6H3;5H2,1-4H3;3H,2H2,1H3/b30-21-;;;. The molecule has 17 heteroatoms. The van der Waals surface area contributed by atoms with E-state index in [4.69, 9.17) is 15.1 Å². The number of amides is 4. The number of nitrogens with zero attached hydrogens (tertiary/aromatic N) is 9. The van der Waals surface area contributed by atoms with Crippen molar-refractivity contribution < 1.29 is 29.1 Å².